The van der Waals surface area contributed by atoms with Crippen LogP contribution in [0.3, 0.4) is 0 Å². The molecule has 8 heteroatoms. The second-order valence-electron chi connectivity index (χ2n) is 5.22. The summed E-state index contributed by atoms with van der Waals surface area (Å²) in [6, 6.07) is 13.4. The van der Waals surface area contributed by atoms with Gasteiger partial charge in [0.25, 0.3) is 16.0 Å². The summed E-state index contributed by atoms with van der Waals surface area (Å²) < 4.78 is 32.4. The van der Waals surface area contributed by atoms with E-state index < -0.39 is 26.7 Å². The molecule has 0 aliphatic carbocycles. The monoisotopic (exact) mass is 377 g/mol. The highest BCUT2D eigenvalue weighted by Crippen LogP contribution is 2.37. The first kappa shape index (κ1) is 17.2. The van der Waals surface area contributed by atoms with Crippen molar-refractivity contribution in [2.75, 3.05) is 5.32 Å². The number of benzene rings is 3. The summed E-state index contributed by atoms with van der Waals surface area (Å²) in [6.45, 7) is 0. The molecule has 128 valence electrons. The number of fused-ring (bicyclic) bond motifs is 1. The fourth-order valence-corrected chi connectivity index (χ4v) is 3.44. The van der Waals surface area contributed by atoms with E-state index in [0.29, 0.717) is 0 Å². The topological polar surface area (TPSA) is 104 Å². The summed E-state index contributed by atoms with van der Waals surface area (Å²) in [7, 11) is -4.55. The molecule has 0 aliphatic heterocycles. The number of hydrogen-bond donors (Lipinski definition) is 3. The van der Waals surface area contributed by atoms with Crippen molar-refractivity contribution in [3.05, 3.63) is 65.2 Å². The van der Waals surface area contributed by atoms with E-state index in [1.807, 2.05) is 0 Å². The normalized spacial score (nSPS) is 11.4. The zero-order valence-electron chi connectivity index (χ0n) is 12.6. The fraction of sp³-hybridized carbons (Fsp3) is 0. The number of rotatable bonds is 3. The summed E-state index contributed by atoms with van der Waals surface area (Å²) >= 11 is 5.99. The van der Waals surface area contributed by atoms with Crippen LogP contribution in [0.4, 0.5) is 5.69 Å². The molecule has 0 aromatic heterocycles. The minimum Gasteiger partial charge on any atom is -0.506 e. The van der Waals surface area contributed by atoms with E-state index >= 15 is 0 Å². The number of nitrogens with one attached hydrogen (secondary N) is 1. The molecule has 0 bridgehead atoms. The zero-order valence-corrected chi connectivity index (χ0v) is 14.2. The van der Waals surface area contributed by atoms with Gasteiger partial charge in [-0.15, -0.1) is 0 Å². The van der Waals surface area contributed by atoms with Gasteiger partial charge in [-0.1, -0.05) is 48.0 Å². The van der Waals surface area contributed by atoms with Gasteiger partial charge in [-0.3, -0.25) is 9.35 Å². The van der Waals surface area contributed by atoms with Crippen molar-refractivity contribution in [2.24, 2.45) is 0 Å². The summed E-state index contributed by atoms with van der Waals surface area (Å²) in [5, 5.41) is 13.4. The van der Waals surface area contributed by atoms with Crippen LogP contribution in [0.15, 0.2) is 59.5 Å². The third-order valence-corrected chi connectivity index (χ3v) is 4.84. The van der Waals surface area contributed by atoms with E-state index in [4.69, 9.17) is 11.6 Å². The number of anilines is 1. The number of phenols is 1. The lowest BCUT2D eigenvalue weighted by molar-refractivity contribution is 0.102. The Bertz CT molecular complexity index is 1100. The van der Waals surface area contributed by atoms with Crippen LogP contribution in [0.1, 0.15) is 10.4 Å². The molecule has 0 saturated carbocycles. The molecule has 3 N–H and O–H groups in total. The summed E-state index contributed by atoms with van der Waals surface area (Å²) in [4.78, 5) is 12.0. The molecule has 0 radical (unpaired) electrons. The number of aromatic hydroxyl groups is 1. The fourth-order valence-electron chi connectivity index (χ4n) is 2.50. The standard InChI is InChI=1S/C17H12ClNO5S/c18-13-8-4-3-7-12(13)17(21)19-16-11-6-2-1-5-10(11)15(9-14(16)20)25(22,23)24/h1-9,20H,(H,19,21)(H,22,23,24). The van der Waals surface area contributed by atoms with Crippen LogP contribution in [0.5, 0.6) is 5.75 Å². The molecule has 0 saturated heterocycles. The molecular formula is C17H12ClNO5S. The average molecular weight is 378 g/mol. The number of hydrogen-bond acceptors (Lipinski definition) is 4. The Balaban J connectivity index is 2.17. The number of carbonyl (C=O) groups is 1. The van der Waals surface area contributed by atoms with Crippen LogP contribution in [-0.4, -0.2) is 24.0 Å². The van der Waals surface area contributed by atoms with E-state index in [2.05, 4.69) is 5.32 Å². The smallest absolute Gasteiger partial charge is 0.295 e. The maximum Gasteiger partial charge on any atom is 0.295 e. The lowest BCUT2D eigenvalue weighted by Crippen LogP contribution is -2.13. The molecule has 0 unspecified atom stereocenters. The highest BCUT2D eigenvalue weighted by molar-refractivity contribution is 7.86. The minimum absolute atomic E-state index is 0.0212. The first-order chi connectivity index (χ1) is 11.8. The molecule has 3 aromatic rings. The Kier molecular flexibility index (Phi) is 4.38. The van der Waals surface area contributed by atoms with Crippen molar-refractivity contribution in [3.63, 3.8) is 0 Å². The molecule has 0 aliphatic rings. The minimum atomic E-state index is -4.55. The van der Waals surface area contributed by atoms with Crippen molar-refractivity contribution in [1.29, 1.82) is 0 Å². The molecule has 1 amide bonds. The maximum absolute atomic E-state index is 12.4. The summed E-state index contributed by atoms with van der Waals surface area (Å²) in [5.41, 5.74) is 0.222. The van der Waals surface area contributed by atoms with Crippen LogP contribution >= 0.6 is 11.6 Å². The Morgan fingerprint density at radius 1 is 1.00 bits per heavy atom. The molecular weight excluding hydrogens is 366 g/mol. The lowest BCUT2D eigenvalue weighted by atomic mass is 10.1. The molecule has 25 heavy (non-hydrogen) atoms. The summed E-state index contributed by atoms with van der Waals surface area (Å²) in [5.74, 6) is -1.06. The van der Waals surface area contributed by atoms with Crippen molar-refractivity contribution in [1.82, 2.24) is 0 Å². The molecule has 0 fully saturated rings. The van der Waals surface area contributed by atoms with E-state index in [9.17, 15) is 22.9 Å². The second-order valence-corrected chi connectivity index (χ2v) is 7.02. The van der Waals surface area contributed by atoms with E-state index in [1.54, 1.807) is 30.3 Å². The van der Waals surface area contributed by atoms with Crippen LogP contribution in [-0.2, 0) is 10.1 Å². The SMILES string of the molecule is O=C(Nc1c(O)cc(S(=O)(=O)O)c2ccccc12)c1ccccc1Cl. The first-order valence-electron chi connectivity index (χ1n) is 7.07. The van der Waals surface area contributed by atoms with Gasteiger partial charge in [0, 0.05) is 16.8 Å². The molecule has 6 nitrogen and oxygen atoms in total. The van der Waals surface area contributed by atoms with Gasteiger partial charge >= 0.3 is 0 Å². The van der Waals surface area contributed by atoms with Crippen molar-refractivity contribution in [3.8, 4) is 5.75 Å². The summed E-state index contributed by atoms with van der Waals surface area (Å²) in [6.07, 6.45) is 0. The molecule has 0 heterocycles. The van der Waals surface area contributed by atoms with Crippen LogP contribution in [0, 0.1) is 0 Å². The maximum atomic E-state index is 12.4. The van der Waals surface area contributed by atoms with Gasteiger partial charge in [-0.2, -0.15) is 8.42 Å². The van der Waals surface area contributed by atoms with E-state index in [-0.39, 0.29) is 27.0 Å². The van der Waals surface area contributed by atoms with Gasteiger partial charge in [-0.25, -0.2) is 0 Å². The molecule has 3 aromatic carbocycles. The van der Waals surface area contributed by atoms with Gasteiger partial charge in [0.2, 0.25) is 0 Å². The van der Waals surface area contributed by atoms with Crippen LogP contribution in [0.25, 0.3) is 10.8 Å². The molecule has 3 rings (SSSR count). The van der Waals surface area contributed by atoms with Crippen LogP contribution in [0.2, 0.25) is 5.02 Å². The Labute approximate surface area is 148 Å². The second kappa shape index (κ2) is 6.36. The van der Waals surface area contributed by atoms with Crippen LogP contribution < -0.4 is 5.32 Å². The largest absolute Gasteiger partial charge is 0.506 e. The van der Waals surface area contributed by atoms with Gasteiger partial charge in [-0.05, 0) is 12.1 Å². The highest BCUT2D eigenvalue weighted by atomic mass is 35.5. The Morgan fingerprint density at radius 3 is 2.24 bits per heavy atom. The van der Waals surface area contributed by atoms with Gasteiger partial charge in [0.05, 0.1) is 16.3 Å². The van der Waals surface area contributed by atoms with Crippen molar-refractivity contribution >= 4 is 44.1 Å². The average Bonchev–Trinajstić information content (AvgIpc) is 2.56. The third-order valence-electron chi connectivity index (χ3n) is 3.62. The molecule has 0 spiro atoms. The van der Waals surface area contributed by atoms with Crippen molar-refractivity contribution < 1.29 is 22.9 Å². The number of amides is 1. The quantitative estimate of drug-likeness (QED) is 0.477. The number of carbonyl (C=O) groups excluding carboxylic acids is 1. The zero-order chi connectivity index (χ0) is 18.2. The highest BCUT2D eigenvalue weighted by Gasteiger charge is 2.21. The number of phenolic OH excluding ortho intramolecular Hbond substituents is 1. The predicted octanol–water partition coefficient (Wildman–Crippen LogP) is 3.70. The predicted molar refractivity (Wildman–Crippen MR) is 94.8 cm³/mol. The Morgan fingerprint density at radius 2 is 1.60 bits per heavy atom. The van der Waals surface area contributed by atoms with Gasteiger partial charge < -0.3 is 10.4 Å². The van der Waals surface area contributed by atoms with Gasteiger partial charge in [0.1, 0.15) is 10.6 Å². The first-order valence-corrected chi connectivity index (χ1v) is 8.89. The van der Waals surface area contributed by atoms with Crippen molar-refractivity contribution in [2.45, 2.75) is 4.90 Å². The Hall–Kier alpha value is -2.61. The van der Waals surface area contributed by atoms with Gasteiger partial charge in [0.15, 0.2) is 0 Å². The van der Waals surface area contributed by atoms with E-state index in [0.717, 1.165) is 6.07 Å². The number of halogens is 1. The molecule has 0 atom stereocenters. The lowest BCUT2D eigenvalue weighted by Gasteiger charge is -2.13. The van der Waals surface area contributed by atoms with E-state index in [1.165, 1.54) is 18.2 Å². The third kappa shape index (κ3) is 3.30.